The highest BCUT2D eigenvalue weighted by atomic mass is 32.1. The standard InChI is InChI=1S/C10H13N3O2S/c1-11-10(16)13-12-6-7-4-3-5-8(15-2)9(7)14/h3-6,14H,1-2H3,(H2,11,13,16)/b12-6+. The van der Waals surface area contributed by atoms with Gasteiger partial charge >= 0.3 is 0 Å². The van der Waals surface area contributed by atoms with Crippen molar-refractivity contribution in [3.63, 3.8) is 0 Å². The predicted octanol–water partition coefficient (Wildman–Crippen LogP) is 0.829. The highest BCUT2D eigenvalue weighted by molar-refractivity contribution is 7.80. The van der Waals surface area contributed by atoms with Crippen molar-refractivity contribution in [2.24, 2.45) is 5.10 Å². The smallest absolute Gasteiger partial charge is 0.186 e. The second-order valence-corrected chi connectivity index (χ2v) is 3.26. The Hall–Kier alpha value is -1.82. The molecule has 16 heavy (non-hydrogen) atoms. The van der Waals surface area contributed by atoms with Crippen LogP contribution in [-0.2, 0) is 0 Å². The number of methoxy groups -OCH3 is 1. The SMILES string of the molecule is CNC(=S)N/N=C/c1cccc(OC)c1O. The molecule has 0 saturated carbocycles. The van der Waals surface area contributed by atoms with Gasteiger partial charge in [0, 0.05) is 12.6 Å². The average Bonchev–Trinajstić information content (AvgIpc) is 2.31. The largest absolute Gasteiger partial charge is 0.504 e. The summed E-state index contributed by atoms with van der Waals surface area (Å²) >= 11 is 4.83. The van der Waals surface area contributed by atoms with E-state index in [0.29, 0.717) is 16.4 Å². The highest BCUT2D eigenvalue weighted by Crippen LogP contribution is 2.27. The summed E-state index contributed by atoms with van der Waals surface area (Å²) in [7, 11) is 3.18. The van der Waals surface area contributed by atoms with Crippen LogP contribution in [0.3, 0.4) is 0 Å². The van der Waals surface area contributed by atoms with Gasteiger partial charge in [0.1, 0.15) is 0 Å². The van der Waals surface area contributed by atoms with E-state index in [0.717, 1.165) is 0 Å². The highest BCUT2D eigenvalue weighted by Gasteiger charge is 2.04. The van der Waals surface area contributed by atoms with Crippen LogP contribution in [0.25, 0.3) is 0 Å². The van der Waals surface area contributed by atoms with E-state index in [9.17, 15) is 5.11 Å². The van der Waals surface area contributed by atoms with Crippen molar-refractivity contribution in [2.45, 2.75) is 0 Å². The zero-order valence-electron chi connectivity index (χ0n) is 9.02. The molecule has 5 nitrogen and oxygen atoms in total. The molecule has 0 aliphatic rings. The monoisotopic (exact) mass is 239 g/mol. The van der Waals surface area contributed by atoms with E-state index in [4.69, 9.17) is 17.0 Å². The van der Waals surface area contributed by atoms with Crippen LogP contribution < -0.4 is 15.5 Å². The van der Waals surface area contributed by atoms with Gasteiger partial charge in [0.25, 0.3) is 0 Å². The van der Waals surface area contributed by atoms with Crippen LogP contribution in [0.5, 0.6) is 11.5 Å². The molecular weight excluding hydrogens is 226 g/mol. The maximum atomic E-state index is 9.72. The van der Waals surface area contributed by atoms with Crippen LogP contribution in [-0.4, -0.2) is 30.6 Å². The molecule has 0 heterocycles. The fourth-order valence-corrected chi connectivity index (χ4v) is 1.08. The fourth-order valence-electron chi connectivity index (χ4n) is 1.02. The summed E-state index contributed by atoms with van der Waals surface area (Å²) in [5, 5.41) is 16.7. The van der Waals surface area contributed by atoms with Crippen LogP contribution in [0, 0.1) is 0 Å². The number of phenolic OH excluding ortho intramolecular Hbond substituents is 1. The molecule has 1 aromatic carbocycles. The van der Waals surface area contributed by atoms with E-state index >= 15 is 0 Å². The summed E-state index contributed by atoms with van der Waals surface area (Å²) < 4.78 is 4.96. The molecule has 0 radical (unpaired) electrons. The first-order valence-corrected chi connectivity index (χ1v) is 4.96. The molecule has 0 aliphatic carbocycles. The van der Waals surface area contributed by atoms with E-state index in [1.54, 1.807) is 25.2 Å². The van der Waals surface area contributed by atoms with Crippen molar-refractivity contribution >= 4 is 23.5 Å². The molecule has 0 atom stereocenters. The Kier molecular flexibility index (Phi) is 4.53. The van der Waals surface area contributed by atoms with E-state index in [-0.39, 0.29) is 5.75 Å². The number of nitrogens with zero attached hydrogens (tertiary/aromatic N) is 1. The number of hydrazone groups is 1. The number of benzene rings is 1. The van der Waals surface area contributed by atoms with Crippen molar-refractivity contribution < 1.29 is 9.84 Å². The number of phenols is 1. The number of ether oxygens (including phenoxy) is 1. The number of nitrogens with one attached hydrogen (secondary N) is 2. The third-order valence-corrected chi connectivity index (χ3v) is 2.14. The Bertz CT molecular complexity index is 407. The summed E-state index contributed by atoms with van der Waals surface area (Å²) in [6, 6.07) is 5.14. The maximum Gasteiger partial charge on any atom is 0.186 e. The topological polar surface area (TPSA) is 65.9 Å². The molecule has 1 rings (SSSR count). The van der Waals surface area contributed by atoms with E-state index in [1.807, 2.05) is 0 Å². The van der Waals surface area contributed by atoms with Gasteiger partial charge in [-0.25, -0.2) is 0 Å². The Morgan fingerprint density at radius 3 is 2.94 bits per heavy atom. The van der Waals surface area contributed by atoms with Gasteiger partial charge in [-0.05, 0) is 24.4 Å². The molecule has 0 amide bonds. The van der Waals surface area contributed by atoms with Gasteiger partial charge in [0.2, 0.25) is 0 Å². The molecule has 3 N–H and O–H groups in total. The molecule has 0 unspecified atom stereocenters. The molecule has 86 valence electrons. The molecule has 6 heteroatoms. The van der Waals surface area contributed by atoms with Crippen molar-refractivity contribution in [3.8, 4) is 11.5 Å². The van der Waals surface area contributed by atoms with Crippen LogP contribution >= 0.6 is 12.2 Å². The number of thiocarbonyl (C=S) groups is 1. The third kappa shape index (κ3) is 3.09. The molecule has 0 saturated heterocycles. The van der Waals surface area contributed by atoms with Gasteiger partial charge in [-0.2, -0.15) is 5.10 Å². The number of hydrogen-bond acceptors (Lipinski definition) is 4. The van der Waals surface area contributed by atoms with Crippen LogP contribution in [0.4, 0.5) is 0 Å². The molecule has 0 aliphatic heterocycles. The molecule has 0 aromatic heterocycles. The van der Waals surface area contributed by atoms with Gasteiger partial charge in [-0.15, -0.1) is 0 Å². The molecule has 0 fully saturated rings. The third-order valence-electron chi connectivity index (χ3n) is 1.85. The Morgan fingerprint density at radius 2 is 2.31 bits per heavy atom. The summed E-state index contributed by atoms with van der Waals surface area (Å²) in [5.74, 6) is 0.450. The molecule has 0 spiro atoms. The lowest BCUT2D eigenvalue weighted by Gasteiger charge is -2.05. The van der Waals surface area contributed by atoms with Gasteiger partial charge in [0.05, 0.1) is 13.3 Å². The van der Waals surface area contributed by atoms with Crippen LogP contribution in [0.1, 0.15) is 5.56 Å². The van der Waals surface area contributed by atoms with E-state index in [1.165, 1.54) is 13.3 Å². The minimum Gasteiger partial charge on any atom is -0.504 e. The molecular formula is C10H13N3O2S. The minimum absolute atomic E-state index is 0.0472. The van der Waals surface area contributed by atoms with E-state index in [2.05, 4.69) is 15.8 Å². The van der Waals surface area contributed by atoms with Crippen molar-refractivity contribution in [3.05, 3.63) is 23.8 Å². The predicted molar refractivity (Wildman–Crippen MR) is 67.0 cm³/mol. The van der Waals surface area contributed by atoms with Gasteiger partial charge < -0.3 is 15.2 Å². The second-order valence-electron chi connectivity index (χ2n) is 2.85. The molecule has 0 bridgehead atoms. The quantitative estimate of drug-likeness (QED) is 0.414. The first kappa shape index (κ1) is 12.3. The van der Waals surface area contributed by atoms with Gasteiger partial charge in [-0.1, -0.05) is 6.07 Å². The summed E-state index contributed by atoms with van der Waals surface area (Å²) in [6.07, 6.45) is 1.46. The fraction of sp³-hybridized carbons (Fsp3) is 0.200. The number of aromatic hydroxyl groups is 1. The average molecular weight is 239 g/mol. The number of rotatable bonds is 3. The van der Waals surface area contributed by atoms with Crippen LogP contribution in [0.15, 0.2) is 23.3 Å². The Balaban J connectivity index is 2.77. The number of hydrogen-bond donors (Lipinski definition) is 3. The zero-order valence-corrected chi connectivity index (χ0v) is 9.84. The summed E-state index contributed by atoms with van der Waals surface area (Å²) in [4.78, 5) is 0. The molecule has 1 aromatic rings. The zero-order chi connectivity index (χ0) is 12.0. The summed E-state index contributed by atoms with van der Waals surface area (Å²) in [6.45, 7) is 0. The van der Waals surface area contributed by atoms with Gasteiger partial charge in [-0.3, -0.25) is 5.43 Å². The maximum absolute atomic E-state index is 9.72. The van der Waals surface area contributed by atoms with E-state index < -0.39 is 0 Å². The van der Waals surface area contributed by atoms with Crippen LogP contribution in [0.2, 0.25) is 0 Å². The van der Waals surface area contributed by atoms with Crippen molar-refractivity contribution in [1.82, 2.24) is 10.7 Å². The Labute approximate surface area is 99.1 Å². The normalized spacial score (nSPS) is 10.1. The summed E-state index contributed by atoms with van der Waals surface area (Å²) in [5.41, 5.74) is 3.13. The van der Waals surface area contributed by atoms with Crippen molar-refractivity contribution in [1.29, 1.82) is 0 Å². The first-order valence-electron chi connectivity index (χ1n) is 4.55. The van der Waals surface area contributed by atoms with Gasteiger partial charge in [0.15, 0.2) is 16.6 Å². The van der Waals surface area contributed by atoms with Crippen molar-refractivity contribution in [2.75, 3.05) is 14.2 Å². The second kappa shape index (κ2) is 5.92. The Morgan fingerprint density at radius 1 is 1.56 bits per heavy atom. The minimum atomic E-state index is 0.0472. The first-order chi connectivity index (χ1) is 7.69. The number of para-hydroxylation sites is 1. The lowest BCUT2D eigenvalue weighted by molar-refractivity contribution is 0.373. The lowest BCUT2D eigenvalue weighted by Crippen LogP contribution is -2.28. The lowest BCUT2D eigenvalue weighted by atomic mass is 10.2.